The van der Waals surface area contributed by atoms with E-state index >= 15 is 0 Å². The fourth-order valence-corrected chi connectivity index (χ4v) is 7.27. The lowest BCUT2D eigenvalue weighted by Crippen LogP contribution is -2.39. The topological polar surface area (TPSA) is 48.1 Å². The average molecular weight is 705 g/mol. The van der Waals surface area contributed by atoms with E-state index in [1.165, 1.54) is 11.7 Å². The molecule has 0 aliphatic rings. The SMILES string of the molecule is COc1ccc(C(=C(c2ccc(OC)cc2)c2ccc(-c3ccc(-c4cc[n+](CCC[N+](C)(C)C)cc4)c4nsnc34)cc2)c2ccccc2)cc1. The van der Waals surface area contributed by atoms with Crippen LogP contribution in [0.25, 0.3) is 44.4 Å². The number of methoxy groups -OCH3 is 2. The summed E-state index contributed by atoms with van der Waals surface area (Å²) in [6.45, 7) is 2.14. The van der Waals surface area contributed by atoms with E-state index in [4.69, 9.17) is 18.2 Å². The van der Waals surface area contributed by atoms with Gasteiger partial charge >= 0.3 is 0 Å². The van der Waals surface area contributed by atoms with Crippen molar-refractivity contribution in [3.63, 3.8) is 0 Å². The van der Waals surface area contributed by atoms with Crippen LogP contribution < -0.4 is 14.0 Å². The second kappa shape index (κ2) is 15.3. The monoisotopic (exact) mass is 704 g/mol. The zero-order chi connectivity index (χ0) is 36.1. The van der Waals surface area contributed by atoms with Crippen LogP contribution in [0.3, 0.4) is 0 Å². The van der Waals surface area contributed by atoms with E-state index < -0.39 is 0 Å². The molecule has 7 rings (SSSR count). The van der Waals surface area contributed by atoms with Gasteiger partial charge in [-0.05, 0) is 68.8 Å². The number of quaternary nitrogens is 1. The van der Waals surface area contributed by atoms with Gasteiger partial charge in [0.2, 0.25) is 0 Å². The third-order valence-electron chi connectivity index (χ3n) is 9.42. The Morgan fingerprint density at radius 2 is 1.00 bits per heavy atom. The first-order chi connectivity index (χ1) is 25.3. The molecule has 2 heterocycles. The van der Waals surface area contributed by atoms with Crippen molar-refractivity contribution in [3.8, 4) is 33.8 Å². The number of aryl methyl sites for hydroxylation is 1. The molecule has 0 spiro atoms. The summed E-state index contributed by atoms with van der Waals surface area (Å²) in [7, 11) is 10.1. The molecule has 7 aromatic rings. The number of nitrogens with zero attached hydrogens (tertiary/aromatic N) is 4. The lowest BCUT2D eigenvalue weighted by atomic mass is 9.85. The van der Waals surface area contributed by atoms with Gasteiger partial charge in [-0.2, -0.15) is 8.75 Å². The molecule has 6 nitrogen and oxygen atoms in total. The highest BCUT2D eigenvalue weighted by atomic mass is 32.1. The standard InChI is InChI=1S/C45H44N4O2S/c1-49(2,3)31-9-28-48-29-26-33(27-30-48)41-25-24-40(44-45(41)47-52-46-44)32-12-14-35(15-13-32)43(37-18-22-39(51-5)23-19-37)42(34-10-7-6-8-11-34)36-16-20-38(50-4)21-17-36/h6-8,10-27,29-30H,9,28,31H2,1-5H3/q+2. The number of hydrogen-bond acceptors (Lipinski definition) is 5. The zero-order valence-corrected chi connectivity index (χ0v) is 31.2. The van der Waals surface area contributed by atoms with Gasteiger partial charge in [0.25, 0.3) is 0 Å². The van der Waals surface area contributed by atoms with Crippen LogP contribution in [-0.2, 0) is 6.54 Å². The lowest BCUT2D eigenvalue weighted by Gasteiger charge is -2.22. The average Bonchev–Trinajstić information content (AvgIpc) is 3.68. The molecule has 0 aliphatic carbocycles. The van der Waals surface area contributed by atoms with Gasteiger partial charge in [-0.25, -0.2) is 4.57 Å². The Morgan fingerprint density at radius 1 is 0.558 bits per heavy atom. The first-order valence-corrected chi connectivity index (χ1v) is 18.3. The highest BCUT2D eigenvalue weighted by Gasteiger charge is 2.19. The molecule has 7 heteroatoms. The maximum absolute atomic E-state index is 5.53. The Balaban J connectivity index is 1.28. The van der Waals surface area contributed by atoms with Crippen LogP contribution in [0.4, 0.5) is 0 Å². The normalized spacial score (nSPS) is 12.1. The van der Waals surface area contributed by atoms with E-state index in [2.05, 4.69) is 141 Å². The van der Waals surface area contributed by atoms with E-state index in [1.807, 2.05) is 24.3 Å². The molecule has 0 fully saturated rings. The van der Waals surface area contributed by atoms with Gasteiger partial charge in [-0.3, -0.25) is 0 Å². The van der Waals surface area contributed by atoms with Crippen molar-refractivity contribution in [3.05, 3.63) is 162 Å². The predicted molar refractivity (Wildman–Crippen MR) is 213 cm³/mol. The smallest absolute Gasteiger partial charge is 0.169 e. The number of aromatic nitrogens is 3. The summed E-state index contributed by atoms with van der Waals surface area (Å²) in [5, 5.41) is 0. The molecule has 0 saturated carbocycles. The fraction of sp³-hybridized carbons (Fsp3) is 0.178. The van der Waals surface area contributed by atoms with Crippen molar-refractivity contribution < 1.29 is 18.5 Å². The van der Waals surface area contributed by atoms with Gasteiger partial charge in [0.15, 0.2) is 18.9 Å². The molecule has 0 bridgehead atoms. The Kier molecular flexibility index (Phi) is 10.2. The number of pyridine rings is 1. The molecule has 260 valence electrons. The van der Waals surface area contributed by atoms with E-state index in [1.54, 1.807) is 14.2 Å². The Bertz CT molecular complexity index is 2290. The molecular weight excluding hydrogens is 661 g/mol. The molecule has 0 unspecified atom stereocenters. The van der Waals surface area contributed by atoms with Crippen molar-refractivity contribution >= 4 is 33.9 Å². The summed E-state index contributed by atoms with van der Waals surface area (Å²) in [4.78, 5) is 0. The van der Waals surface area contributed by atoms with Gasteiger partial charge in [0.05, 0.1) is 60.1 Å². The van der Waals surface area contributed by atoms with Crippen LogP contribution in [0, 0.1) is 0 Å². The molecule has 0 atom stereocenters. The lowest BCUT2D eigenvalue weighted by molar-refractivity contribution is -0.873. The van der Waals surface area contributed by atoms with E-state index in [-0.39, 0.29) is 0 Å². The maximum Gasteiger partial charge on any atom is 0.169 e. The molecule has 0 aliphatic heterocycles. The summed E-state index contributed by atoms with van der Waals surface area (Å²) in [5.74, 6) is 1.64. The second-order valence-corrected chi connectivity index (χ2v) is 14.5. The molecule has 2 aromatic heterocycles. The molecule has 0 saturated heterocycles. The third-order valence-corrected chi connectivity index (χ3v) is 9.95. The highest BCUT2D eigenvalue weighted by Crippen LogP contribution is 2.40. The molecule has 0 N–H and O–H groups in total. The number of fused-ring (bicyclic) bond motifs is 1. The van der Waals surface area contributed by atoms with Crippen molar-refractivity contribution in [2.45, 2.75) is 13.0 Å². The molecule has 0 radical (unpaired) electrons. The first-order valence-electron chi connectivity index (χ1n) is 17.6. The molecule has 5 aromatic carbocycles. The van der Waals surface area contributed by atoms with Crippen LogP contribution >= 0.6 is 11.7 Å². The first kappa shape index (κ1) is 34.8. The maximum atomic E-state index is 5.53. The minimum atomic E-state index is 0.818. The summed E-state index contributed by atoms with van der Waals surface area (Å²) in [6, 6.07) is 44.8. The summed E-state index contributed by atoms with van der Waals surface area (Å²) < 4.78 is 23.8. The van der Waals surface area contributed by atoms with Gasteiger partial charge in [-0.1, -0.05) is 91.0 Å². The second-order valence-electron chi connectivity index (χ2n) is 14.0. The summed E-state index contributed by atoms with van der Waals surface area (Å²) >= 11 is 1.26. The Morgan fingerprint density at radius 3 is 1.46 bits per heavy atom. The van der Waals surface area contributed by atoms with Crippen molar-refractivity contribution in [1.29, 1.82) is 0 Å². The minimum absolute atomic E-state index is 0.818. The van der Waals surface area contributed by atoms with Gasteiger partial charge < -0.3 is 14.0 Å². The van der Waals surface area contributed by atoms with E-state index in [0.29, 0.717) is 0 Å². The fourth-order valence-electron chi connectivity index (χ4n) is 6.69. The predicted octanol–water partition coefficient (Wildman–Crippen LogP) is 9.43. The van der Waals surface area contributed by atoms with E-state index in [9.17, 15) is 0 Å². The number of hydrogen-bond donors (Lipinski definition) is 0. The Labute approximate surface area is 310 Å². The number of rotatable bonds is 12. The largest absolute Gasteiger partial charge is 0.497 e. The summed E-state index contributed by atoms with van der Waals surface area (Å²) in [6.07, 6.45) is 5.48. The van der Waals surface area contributed by atoms with Gasteiger partial charge in [-0.15, -0.1) is 0 Å². The number of benzene rings is 5. The highest BCUT2D eigenvalue weighted by molar-refractivity contribution is 7.00. The minimum Gasteiger partial charge on any atom is -0.497 e. The van der Waals surface area contributed by atoms with Crippen molar-refractivity contribution in [1.82, 2.24) is 8.75 Å². The van der Waals surface area contributed by atoms with Crippen LogP contribution in [0.2, 0.25) is 0 Å². The van der Waals surface area contributed by atoms with E-state index in [0.717, 1.165) is 102 Å². The quantitative estimate of drug-likeness (QED) is 0.0723. The molecular formula is C45H44N4O2S+2. The van der Waals surface area contributed by atoms with Crippen molar-refractivity contribution in [2.75, 3.05) is 41.9 Å². The molecule has 52 heavy (non-hydrogen) atoms. The van der Waals surface area contributed by atoms with Crippen LogP contribution in [0.5, 0.6) is 11.5 Å². The van der Waals surface area contributed by atoms with Gasteiger partial charge in [0.1, 0.15) is 22.5 Å². The third kappa shape index (κ3) is 7.66. The van der Waals surface area contributed by atoms with Gasteiger partial charge in [0, 0.05) is 23.3 Å². The van der Waals surface area contributed by atoms with Crippen LogP contribution in [0.1, 0.15) is 28.7 Å². The van der Waals surface area contributed by atoms with Crippen LogP contribution in [0.15, 0.2) is 140 Å². The molecule has 0 amide bonds. The summed E-state index contributed by atoms with van der Waals surface area (Å²) in [5.41, 5.74) is 12.9. The zero-order valence-electron chi connectivity index (χ0n) is 30.4. The van der Waals surface area contributed by atoms with Crippen molar-refractivity contribution in [2.24, 2.45) is 0 Å². The Hall–Kier alpha value is -5.63. The number of ether oxygens (including phenoxy) is 2. The van der Waals surface area contributed by atoms with Crippen LogP contribution in [-0.4, -0.2) is 55.1 Å².